The van der Waals surface area contributed by atoms with Gasteiger partial charge in [0.15, 0.2) is 5.00 Å². The van der Waals surface area contributed by atoms with Crippen molar-refractivity contribution in [1.82, 2.24) is 4.72 Å². The van der Waals surface area contributed by atoms with Crippen molar-refractivity contribution in [2.24, 2.45) is 11.8 Å². The molecule has 116 valence electrons. The van der Waals surface area contributed by atoms with Gasteiger partial charge in [-0.05, 0) is 37.5 Å². The molecule has 0 radical (unpaired) electrons. The van der Waals surface area contributed by atoms with Gasteiger partial charge >= 0.3 is 5.69 Å². The highest BCUT2D eigenvalue weighted by atomic mass is 32.2. The predicted octanol–water partition coefficient (Wildman–Crippen LogP) is 2.16. The summed E-state index contributed by atoms with van der Waals surface area (Å²) in [5.74, 6) is 0.872. The molecule has 2 N–H and O–H groups in total. The van der Waals surface area contributed by atoms with E-state index in [1.807, 2.05) is 0 Å². The molecule has 0 aliphatic heterocycles. The van der Waals surface area contributed by atoms with E-state index in [0.29, 0.717) is 11.8 Å². The lowest BCUT2D eigenvalue weighted by atomic mass is 10.1. The van der Waals surface area contributed by atoms with E-state index in [9.17, 15) is 18.5 Å². The summed E-state index contributed by atoms with van der Waals surface area (Å²) in [6.45, 7) is 0. The summed E-state index contributed by atoms with van der Waals surface area (Å²) in [5.41, 5.74) is -0.197. The molecule has 0 aromatic carbocycles. The smallest absolute Gasteiger partial charge is 0.304 e. The fourth-order valence-electron chi connectivity index (χ4n) is 2.53. The van der Waals surface area contributed by atoms with E-state index in [2.05, 4.69) is 10.0 Å². The number of anilines is 1. The molecule has 9 heteroatoms. The van der Waals surface area contributed by atoms with Crippen LogP contribution >= 0.6 is 11.3 Å². The second-order valence-corrected chi connectivity index (χ2v) is 8.60. The molecule has 21 heavy (non-hydrogen) atoms. The second kappa shape index (κ2) is 5.22. The molecular weight excluding hydrogens is 314 g/mol. The van der Waals surface area contributed by atoms with Gasteiger partial charge in [-0.2, -0.15) is 0 Å². The fourth-order valence-corrected chi connectivity index (χ4v) is 5.20. The minimum atomic E-state index is -3.69. The second-order valence-electron chi connectivity index (χ2n) is 5.61. The standard InChI is InChI=1S/C12H17N3O4S2/c1-13-12-9(15(16)17)6-10(20-12)21(18,19)14-11(7-2-3-7)8-4-5-8/h6-8,11,13-14H,2-5H2,1H3. The first kappa shape index (κ1) is 14.7. The van der Waals surface area contributed by atoms with Gasteiger partial charge in [0.1, 0.15) is 4.21 Å². The Bertz CT molecular complexity index is 650. The molecule has 2 aliphatic carbocycles. The van der Waals surface area contributed by atoms with Crippen LogP contribution in [0, 0.1) is 22.0 Å². The van der Waals surface area contributed by atoms with Crippen molar-refractivity contribution in [3.63, 3.8) is 0 Å². The summed E-state index contributed by atoms with van der Waals surface area (Å²) in [7, 11) is -2.15. The van der Waals surface area contributed by atoms with Crippen LogP contribution in [0.5, 0.6) is 0 Å². The van der Waals surface area contributed by atoms with Gasteiger partial charge in [-0.15, -0.1) is 0 Å². The van der Waals surface area contributed by atoms with Crippen molar-refractivity contribution in [3.05, 3.63) is 16.2 Å². The molecule has 1 aromatic heterocycles. The van der Waals surface area contributed by atoms with E-state index in [4.69, 9.17) is 0 Å². The van der Waals surface area contributed by atoms with Crippen LogP contribution in [0.25, 0.3) is 0 Å². The summed E-state index contributed by atoms with van der Waals surface area (Å²) < 4.78 is 27.7. The molecule has 0 saturated heterocycles. The average Bonchev–Trinajstić information content (AvgIpc) is 3.32. The molecule has 0 spiro atoms. The Labute approximate surface area is 126 Å². The van der Waals surface area contributed by atoms with Crippen molar-refractivity contribution in [2.45, 2.75) is 35.9 Å². The summed E-state index contributed by atoms with van der Waals surface area (Å²) >= 11 is 0.898. The zero-order valence-corrected chi connectivity index (χ0v) is 13.2. The van der Waals surface area contributed by atoms with Crippen LogP contribution in [0.1, 0.15) is 25.7 Å². The highest BCUT2D eigenvalue weighted by molar-refractivity contribution is 7.91. The van der Waals surface area contributed by atoms with E-state index in [1.54, 1.807) is 7.05 Å². The average molecular weight is 331 g/mol. The van der Waals surface area contributed by atoms with E-state index in [0.717, 1.165) is 43.1 Å². The van der Waals surface area contributed by atoms with Crippen LogP contribution in [-0.2, 0) is 10.0 Å². The maximum Gasteiger partial charge on any atom is 0.304 e. The highest BCUT2D eigenvalue weighted by Gasteiger charge is 2.44. The molecule has 2 saturated carbocycles. The van der Waals surface area contributed by atoms with Gasteiger partial charge in [0, 0.05) is 19.2 Å². The number of hydrogen-bond donors (Lipinski definition) is 2. The lowest BCUT2D eigenvalue weighted by Gasteiger charge is -2.16. The zero-order valence-electron chi connectivity index (χ0n) is 11.5. The summed E-state index contributed by atoms with van der Waals surface area (Å²) in [4.78, 5) is 10.4. The Morgan fingerprint density at radius 3 is 2.29 bits per heavy atom. The Morgan fingerprint density at radius 1 is 1.33 bits per heavy atom. The third-order valence-corrected chi connectivity index (χ3v) is 7.00. The molecule has 2 aliphatic rings. The number of nitrogens with one attached hydrogen (secondary N) is 2. The van der Waals surface area contributed by atoms with Gasteiger partial charge in [-0.25, -0.2) is 13.1 Å². The van der Waals surface area contributed by atoms with Gasteiger partial charge in [-0.1, -0.05) is 11.3 Å². The zero-order chi connectivity index (χ0) is 15.2. The summed E-state index contributed by atoms with van der Waals surface area (Å²) in [6, 6.07) is 1.13. The van der Waals surface area contributed by atoms with Crippen molar-refractivity contribution >= 4 is 32.0 Å². The fraction of sp³-hybridized carbons (Fsp3) is 0.667. The van der Waals surface area contributed by atoms with Gasteiger partial charge in [0.2, 0.25) is 0 Å². The molecule has 0 unspecified atom stereocenters. The summed E-state index contributed by atoms with van der Waals surface area (Å²) in [5, 5.41) is 13.9. The number of sulfonamides is 1. The van der Waals surface area contributed by atoms with Gasteiger partial charge in [0.25, 0.3) is 10.0 Å². The first-order chi connectivity index (χ1) is 9.92. The molecule has 0 atom stereocenters. The van der Waals surface area contributed by atoms with Crippen LogP contribution in [0.2, 0.25) is 0 Å². The normalized spacial score (nSPS) is 19.0. The third kappa shape index (κ3) is 3.04. The largest absolute Gasteiger partial charge is 0.374 e. The van der Waals surface area contributed by atoms with Crippen molar-refractivity contribution in [3.8, 4) is 0 Å². The third-order valence-electron chi connectivity index (χ3n) is 3.93. The minimum absolute atomic E-state index is 0.00449. The van der Waals surface area contributed by atoms with E-state index < -0.39 is 14.9 Å². The Balaban J connectivity index is 1.85. The topological polar surface area (TPSA) is 101 Å². The summed E-state index contributed by atoms with van der Waals surface area (Å²) in [6.07, 6.45) is 4.26. The molecule has 1 heterocycles. The quantitative estimate of drug-likeness (QED) is 0.589. The lowest BCUT2D eigenvalue weighted by molar-refractivity contribution is -0.383. The molecular formula is C12H17N3O4S2. The number of thiophene rings is 1. The van der Waals surface area contributed by atoms with Crippen LogP contribution in [-0.4, -0.2) is 26.4 Å². The van der Waals surface area contributed by atoms with E-state index >= 15 is 0 Å². The molecule has 7 nitrogen and oxygen atoms in total. The Hall–Kier alpha value is -1.19. The van der Waals surface area contributed by atoms with Crippen molar-refractivity contribution in [1.29, 1.82) is 0 Å². The SMILES string of the molecule is CNc1sc(S(=O)(=O)NC(C2CC2)C2CC2)cc1[N+](=O)[O-]. The van der Waals surface area contributed by atoms with Gasteiger partial charge < -0.3 is 5.32 Å². The van der Waals surface area contributed by atoms with Crippen LogP contribution in [0.15, 0.2) is 10.3 Å². The number of hydrogen-bond acceptors (Lipinski definition) is 6. The molecule has 2 fully saturated rings. The van der Waals surface area contributed by atoms with Gasteiger partial charge in [-0.3, -0.25) is 10.1 Å². The first-order valence-corrected chi connectivity index (χ1v) is 9.20. The predicted molar refractivity (Wildman–Crippen MR) is 80.1 cm³/mol. The monoisotopic (exact) mass is 331 g/mol. The number of nitro groups is 1. The van der Waals surface area contributed by atoms with Crippen molar-refractivity contribution < 1.29 is 13.3 Å². The maximum atomic E-state index is 12.5. The Kier molecular flexibility index (Phi) is 3.66. The first-order valence-electron chi connectivity index (χ1n) is 6.90. The lowest BCUT2D eigenvalue weighted by Crippen LogP contribution is -2.37. The van der Waals surface area contributed by atoms with Gasteiger partial charge in [0.05, 0.1) is 4.92 Å². The molecule has 0 bridgehead atoms. The van der Waals surface area contributed by atoms with E-state index in [1.165, 1.54) is 0 Å². The number of rotatable bonds is 7. The van der Waals surface area contributed by atoms with Crippen LogP contribution in [0.4, 0.5) is 10.7 Å². The number of nitrogens with zero attached hydrogens (tertiary/aromatic N) is 1. The van der Waals surface area contributed by atoms with Crippen LogP contribution < -0.4 is 10.0 Å². The van der Waals surface area contributed by atoms with Crippen molar-refractivity contribution in [2.75, 3.05) is 12.4 Å². The maximum absolute atomic E-state index is 12.5. The molecule has 0 amide bonds. The molecule has 1 aromatic rings. The van der Waals surface area contributed by atoms with E-state index in [-0.39, 0.29) is 20.9 Å². The Morgan fingerprint density at radius 2 is 1.90 bits per heavy atom. The highest BCUT2D eigenvalue weighted by Crippen LogP contribution is 2.45. The minimum Gasteiger partial charge on any atom is -0.374 e. The molecule has 3 rings (SSSR count). The van der Waals surface area contributed by atoms with Crippen LogP contribution in [0.3, 0.4) is 0 Å².